The van der Waals surface area contributed by atoms with Crippen molar-refractivity contribution in [2.75, 3.05) is 13.2 Å². The van der Waals surface area contributed by atoms with Gasteiger partial charge in [0, 0.05) is 0 Å². The molecule has 2 saturated heterocycles. The number of carbonyl (C=O) groups excluding carboxylic acids is 1. The maximum absolute atomic E-state index is 12.4. The smallest absolute Gasteiger partial charge is 0.187 e. The molecule has 0 spiro atoms. The van der Waals surface area contributed by atoms with E-state index in [0.29, 0.717) is 30.6 Å². The molecule has 4 aliphatic carbocycles. The number of allylic oxidation sites excluding steroid dienone is 2. The van der Waals surface area contributed by atoms with Gasteiger partial charge in [0.1, 0.15) is 48.8 Å². The van der Waals surface area contributed by atoms with Crippen molar-refractivity contribution in [3.63, 3.8) is 0 Å². The summed E-state index contributed by atoms with van der Waals surface area (Å²) in [6.07, 6.45) is -8.81. The fraction of sp³-hybridized carbons (Fsp3) is 0.909. The van der Waals surface area contributed by atoms with E-state index in [-0.39, 0.29) is 22.5 Å². The molecule has 0 aromatic carbocycles. The van der Waals surface area contributed by atoms with Gasteiger partial charge >= 0.3 is 0 Å². The van der Waals surface area contributed by atoms with Gasteiger partial charge in [0.25, 0.3) is 0 Å². The molecule has 0 radical (unpaired) electrons. The van der Waals surface area contributed by atoms with E-state index in [9.17, 15) is 45.6 Å². The average Bonchev–Trinajstić information content (AvgIpc) is 3.38. The molecule has 0 amide bonds. The Morgan fingerprint density at radius 3 is 2.17 bits per heavy atom. The minimum atomic E-state index is -1.75. The summed E-state index contributed by atoms with van der Waals surface area (Å²) in [5.74, 6) is 1.74. The van der Waals surface area contributed by atoms with Crippen LogP contribution in [0.25, 0.3) is 0 Å². The topological polar surface area (TPSA) is 216 Å². The van der Waals surface area contributed by atoms with Gasteiger partial charge in [-0.2, -0.15) is 0 Å². The second kappa shape index (κ2) is 13.0. The first kappa shape index (κ1) is 34.8. The van der Waals surface area contributed by atoms with Gasteiger partial charge in [-0.3, -0.25) is 4.79 Å². The van der Waals surface area contributed by atoms with Gasteiger partial charge in [-0.05, 0) is 91.9 Å². The molecule has 8 N–H and O–H groups in total. The van der Waals surface area contributed by atoms with E-state index in [0.717, 1.165) is 37.7 Å². The quantitative estimate of drug-likeness (QED) is 0.157. The van der Waals surface area contributed by atoms with Gasteiger partial charge in [0.2, 0.25) is 0 Å². The summed E-state index contributed by atoms with van der Waals surface area (Å²) in [4.78, 5) is 12.4. The fourth-order valence-electron chi connectivity index (χ4n) is 10.4. The maximum Gasteiger partial charge on any atom is 0.187 e. The third kappa shape index (κ3) is 5.62. The number of carbonyl (C=O) groups is 1. The highest BCUT2D eigenvalue weighted by Crippen LogP contribution is 2.66. The normalized spacial score (nSPS) is 53.9. The number of rotatable bonds is 7. The minimum Gasteiger partial charge on any atom is -0.394 e. The SMILES string of the molecule is CC(=O)C1=CCC2C3CCC4CC(OC5OC(CO)C(OC6OC(CO)C(O)C(O)C6O)C(O)C5O)C(O)CC4(C)C3CCC12C. The molecule has 2 heterocycles. The van der Waals surface area contributed by atoms with Crippen LogP contribution in [0.3, 0.4) is 0 Å². The molecule has 18 unspecified atom stereocenters. The van der Waals surface area contributed by atoms with E-state index in [1.807, 2.05) is 0 Å². The molecule has 6 aliphatic rings. The molecule has 18 atom stereocenters. The van der Waals surface area contributed by atoms with Gasteiger partial charge in [0.05, 0.1) is 25.4 Å². The van der Waals surface area contributed by atoms with Crippen LogP contribution in [0.4, 0.5) is 0 Å². The second-order valence-electron chi connectivity index (χ2n) is 15.2. The second-order valence-corrected chi connectivity index (χ2v) is 15.2. The van der Waals surface area contributed by atoms with E-state index in [2.05, 4.69) is 19.9 Å². The van der Waals surface area contributed by atoms with E-state index >= 15 is 0 Å². The molecule has 3 saturated carbocycles. The zero-order chi connectivity index (χ0) is 33.3. The zero-order valence-electron chi connectivity index (χ0n) is 26.8. The summed E-state index contributed by atoms with van der Waals surface area (Å²) in [6, 6.07) is 0. The van der Waals surface area contributed by atoms with E-state index < -0.39 is 86.8 Å². The van der Waals surface area contributed by atoms with Crippen LogP contribution < -0.4 is 0 Å². The highest BCUT2D eigenvalue weighted by molar-refractivity contribution is 5.95. The largest absolute Gasteiger partial charge is 0.394 e. The van der Waals surface area contributed by atoms with Crippen molar-refractivity contribution in [3.8, 4) is 0 Å². The van der Waals surface area contributed by atoms with Crippen molar-refractivity contribution in [1.29, 1.82) is 0 Å². The van der Waals surface area contributed by atoms with Crippen LogP contribution in [-0.4, -0.2) is 133 Å². The van der Waals surface area contributed by atoms with Crippen molar-refractivity contribution in [3.05, 3.63) is 11.6 Å². The number of ether oxygens (including phenoxy) is 4. The molecule has 13 nitrogen and oxygen atoms in total. The summed E-state index contributed by atoms with van der Waals surface area (Å²) < 4.78 is 23.0. The molecule has 6 rings (SSSR count). The fourth-order valence-corrected chi connectivity index (χ4v) is 10.4. The number of hydrogen-bond acceptors (Lipinski definition) is 13. The van der Waals surface area contributed by atoms with Crippen LogP contribution in [-0.2, 0) is 23.7 Å². The highest BCUT2D eigenvalue weighted by atomic mass is 16.7. The molecule has 0 aromatic rings. The van der Waals surface area contributed by atoms with Gasteiger partial charge in [-0.1, -0.05) is 19.9 Å². The maximum atomic E-state index is 12.4. The first-order chi connectivity index (χ1) is 21.7. The Morgan fingerprint density at radius 1 is 0.848 bits per heavy atom. The van der Waals surface area contributed by atoms with Gasteiger partial charge in [0.15, 0.2) is 18.4 Å². The Kier molecular flexibility index (Phi) is 9.83. The number of hydrogen-bond donors (Lipinski definition) is 8. The first-order valence-corrected chi connectivity index (χ1v) is 16.9. The van der Waals surface area contributed by atoms with Crippen molar-refractivity contribution in [1.82, 2.24) is 0 Å². The molecule has 2 aliphatic heterocycles. The molecule has 0 aromatic heterocycles. The Morgan fingerprint density at radius 2 is 1.50 bits per heavy atom. The predicted octanol–water partition coefficient (Wildman–Crippen LogP) is -0.865. The van der Waals surface area contributed by atoms with E-state index in [1.54, 1.807) is 6.92 Å². The van der Waals surface area contributed by atoms with Gasteiger partial charge in [-0.15, -0.1) is 0 Å². The van der Waals surface area contributed by atoms with Gasteiger partial charge < -0.3 is 59.8 Å². The Balaban J connectivity index is 1.11. The van der Waals surface area contributed by atoms with Crippen molar-refractivity contribution >= 4 is 5.78 Å². The first-order valence-electron chi connectivity index (χ1n) is 16.9. The van der Waals surface area contributed by atoms with Crippen molar-refractivity contribution in [2.45, 2.75) is 139 Å². The van der Waals surface area contributed by atoms with E-state index in [4.69, 9.17) is 18.9 Å². The zero-order valence-corrected chi connectivity index (χ0v) is 26.8. The Hall–Kier alpha value is -1.07. The Bertz CT molecular complexity index is 1150. The van der Waals surface area contributed by atoms with Crippen molar-refractivity contribution < 1.29 is 64.6 Å². The summed E-state index contributed by atoms with van der Waals surface area (Å²) >= 11 is 0. The van der Waals surface area contributed by atoms with Crippen LogP contribution in [0.1, 0.15) is 65.7 Å². The highest BCUT2D eigenvalue weighted by Gasteiger charge is 2.61. The third-order valence-corrected chi connectivity index (χ3v) is 12.9. The van der Waals surface area contributed by atoms with Crippen molar-refractivity contribution in [2.24, 2.45) is 34.5 Å². The number of aliphatic hydroxyl groups is 8. The summed E-state index contributed by atoms with van der Waals surface area (Å²) in [5.41, 5.74) is 0.778. The average molecular weight is 657 g/mol. The molecule has 262 valence electrons. The monoisotopic (exact) mass is 656 g/mol. The minimum absolute atomic E-state index is 0.0853. The van der Waals surface area contributed by atoms with Crippen LogP contribution in [0.15, 0.2) is 11.6 Å². The Labute approximate surface area is 269 Å². The molecule has 46 heavy (non-hydrogen) atoms. The number of aliphatic hydroxyl groups excluding tert-OH is 8. The molecule has 5 fully saturated rings. The number of fused-ring (bicyclic) bond motifs is 5. The number of ketones is 1. The lowest BCUT2D eigenvalue weighted by atomic mass is 9.44. The summed E-state index contributed by atoms with van der Waals surface area (Å²) in [7, 11) is 0. The van der Waals surface area contributed by atoms with Crippen LogP contribution in [0, 0.1) is 34.5 Å². The van der Waals surface area contributed by atoms with Crippen LogP contribution >= 0.6 is 0 Å². The molecular formula is C33H52O13. The van der Waals surface area contributed by atoms with E-state index in [1.165, 1.54) is 0 Å². The lowest BCUT2D eigenvalue weighted by molar-refractivity contribution is -0.366. The summed E-state index contributed by atoms with van der Waals surface area (Å²) in [6.45, 7) is 4.86. The molecule has 13 heteroatoms. The van der Waals surface area contributed by atoms with Crippen LogP contribution in [0.5, 0.6) is 0 Å². The van der Waals surface area contributed by atoms with Gasteiger partial charge in [-0.25, -0.2) is 0 Å². The third-order valence-electron chi connectivity index (χ3n) is 12.9. The molecular weight excluding hydrogens is 604 g/mol. The lowest BCUT2D eigenvalue weighted by Crippen LogP contribution is -2.65. The predicted molar refractivity (Wildman–Crippen MR) is 159 cm³/mol. The summed E-state index contributed by atoms with van der Waals surface area (Å²) in [5, 5.41) is 83.6. The number of Topliss-reactive ketones (excluding diaryl/α,β-unsaturated/α-hetero) is 1. The van der Waals surface area contributed by atoms with Crippen LogP contribution in [0.2, 0.25) is 0 Å². The molecule has 0 bridgehead atoms. The lowest BCUT2D eigenvalue weighted by Gasteiger charge is -2.61. The standard InChI is InChI=1S/C33H52O13/c1-14(36)17-6-7-18-16-5-4-15-10-21(20(37)11-33(15,3)19(16)8-9-32(17,18)2)43-30-28(42)26(40)29(23(13-35)45-30)46-31-27(41)25(39)24(38)22(12-34)44-31/h6,15-16,18-31,34-35,37-42H,4-5,7-13H2,1-3H3.